The van der Waals surface area contributed by atoms with Crippen LogP contribution in [0.2, 0.25) is 0 Å². The number of rotatable bonds is 3. The van der Waals surface area contributed by atoms with Crippen LogP contribution in [0.25, 0.3) is 5.57 Å². The van der Waals surface area contributed by atoms with Crippen molar-refractivity contribution in [1.82, 2.24) is 0 Å². The Balaban J connectivity index is 2.19. The van der Waals surface area contributed by atoms with Crippen molar-refractivity contribution in [3.63, 3.8) is 0 Å². The third kappa shape index (κ3) is 3.49. The van der Waals surface area contributed by atoms with E-state index in [2.05, 4.69) is 0 Å². The number of aryl methyl sites for hydroxylation is 1. The molecule has 1 aliphatic rings. The number of hydrogen-bond acceptors (Lipinski definition) is 4. The second kappa shape index (κ2) is 6.44. The van der Waals surface area contributed by atoms with Crippen molar-refractivity contribution in [1.29, 1.82) is 0 Å². The highest BCUT2D eigenvalue weighted by Gasteiger charge is 2.25. The van der Waals surface area contributed by atoms with Crippen LogP contribution in [0.5, 0.6) is 0 Å². The Hall–Kier alpha value is -2.47. The Morgan fingerprint density at radius 2 is 1.72 bits per heavy atom. The van der Waals surface area contributed by atoms with Crippen molar-refractivity contribution in [3.8, 4) is 0 Å². The van der Waals surface area contributed by atoms with Crippen molar-refractivity contribution < 1.29 is 22.3 Å². The monoisotopic (exact) mass is 360 g/mol. The van der Waals surface area contributed by atoms with Gasteiger partial charge in [0.25, 0.3) is 0 Å². The van der Waals surface area contributed by atoms with Crippen molar-refractivity contribution in [2.24, 2.45) is 0 Å². The van der Waals surface area contributed by atoms with Crippen LogP contribution in [0.15, 0.2) is 52.9 Å². The van der Waals surface area contributed by atoms with Gasteiger partial charge in [-0.15, -0.1) is 0 Å². The molecule has 0 spiro atoms. The van der Waals surface area contributed by atoms with Crippen LogP contribution in [-0.4, -0.2) is 27.2 Å². The van der Waals surface area contributed by atoms with Crippen molar-refractivity contribution in [2.75, 3.05) is 12.9 Å². The number of sulfone groups is 1. The minimum Gasteiger partial charge on any atom is -0.462 e. The summed E-state index contributed by atoms with van der Waals surface area (Å²) >= 11 is 0. The van der Waals surface area contributed by atoms with Crippen LogP contribution in [0.4, 0.5) is 4.39 Å². The van der Waals surface area contributed by atoms with E-state index in [-0.39, 0.29) is 17.3 Å². The highest BCUT2D eigenvalue weighted by atomic mass is 32.2. The highest BCUT2D eigenvalue weighted by molar-refractivity contribution is 7.90. The fraction of sp³-hybridized carbons (Fsp3) is 0.211. The smallest absolute Gasteiger partial charge is 0.334 e. The number of ether oxygens (including phenoxy) is 1. The molecule has 0 bridgehead atoms. The number of carbonyl (C=O) groups is 1. The van der Waals surface area contributed by atoms with Crippen molar-refractivity contribution in [2.45, 2.75) is 18.2 Å². The van der Waals surface area contributed by atoms with Crippen LogP contribution in [0.1, 0.15) is 23.1 Å². The second-order valence-electron chi connectivity index (χ2n) is 6.00. The molecule has 0 aliphatic carbocycles. The molecule has 0 atom stereocenters. The van der Waals surface area contributed by atoms with Crippen molar-refractivity contribution >= 4 is 21.4 Å². The molecule has 4 nitrogen and oxygen atoms in total. The molecule has 1 saturated heterocycles. The molecule has 1 aliphatic heterocycles. The van der Waals surface area contributed by atoms with Crippen molar-refractivity contribution in [3.05, 3.63) is 70.5 Å². The Bertz CT molecular complexity index is 973. The van der Waals surface area contributed by atoms with Gasteiger partial charge in [0.05, 0.1) is 11.5 Å². The number of hydrogen-bond donors (Lipinski definition) is 0. The first-order chi connectivity index (χ1) is 11.8. The molecule has 0 unspecified atom stereocenters. The highest BCUT2D eigenvalue weighted by Crippen LogP contribution is 2.33. The molecule has 3 rings (SSSR count). The van der Waals surface area contributed by atoms with E-state index >= 15 is 0 Å². The van der Waals surface area contributed by atoms with Gasteiger partial charge in [-0.1, -0.05) is 24.3 Å². The van der Waals surface area contributed by atoms with Crippen LogP contribution in [0, 0.1) is 12.7 Å². The molecule has 1 fully saturated rings. The zero-order valence-electron chi connectivity index (χ0n) is 13.9. The summed E-state index contributed by atoms with van der Waals surface area (Å²) in [5.41, 5.74) is 2.75. The number of halogens is 1. The Morgan fingerprint density at radius 3 is 2.24 bits per heavy atom. The Morgan fingerprint density at radius 1 is 1.08 bits per heavy atom. The maximum absolute atomic E-state index is 14.0. The molecule has 0 N–H and O–H groups in total. The SMILES string of the molecule is Cc1ccc(C(=C2CCOC2=O)c2ccc(S(C)(=O)=O)cc2)cc1F. The molecule has 0 saturated carbocycles. The lowest BCUT2D eigenvalue weighted by Crippen LogP contribution is -2.02. The molecule has 2 aromatic rings. The first-order valence-corrected chi connectivity index (χ1v) is 9.64. The van der Waals surface area contributed by atoms with Gasteiger partial charge in [-0.2, -0.15) is 0 Å². The minimum atomic E-state index is -3.32. The van der Waals surface area contributed by atoms with E-state index < -0.39 is 15.8 Å². The summed E-state index contributed by atoms with van der Waals surface area (Å²) in [6.45, 7) is 1.95. The summed E-state index contributed by atoms with van der Waals surface area (Å²) in [4.78, 5) is 12.3. The fourth-order valence-electron chi connectivity index (χ4n) is 2.79. The van der Waals surface area contributed by atoms with E-state index in [0.29, 0.717) is 34.3 Å². The lowest BCUT2D eigenvalue weighted by molar-refractivity contribution is -0.135. The second-order valence-corrected chi connectivity index (χ2v) is 8.02. The average Bonchev–Trinajstić information content (AvgIpc) is 2.97. The fourth-order valence-corrected chi connectivity index (χ4v) is 3.42. The number of carbonyl (C=O) groups excluding carboxylic acids is 1. The standard InChI is InChI=1S/C19H17FO4S/c1-12-3-4-14(11-17(12)20)18(16-9-10-24-19(16)21)13-5-7-15(8-6-13)25(2,22)23/h3-8,11H,9-10H2,1-2H3. The maximum atomic E-state index is 14.0. The average molecular weight is 360 g/mol. The predicted octanol–water partition coefficient (Wildman–Crippen LogP) is 3.29. The normalized spacial score (nSPS) is 16.7. The van der Waals surface area contributed by atoms with Crippen LogP contribution in [-0.2, 0) is 19.4 Å². The van der Waals surface area contributed by atoms with Gasteiger partial charge in [-0.05, 0) is 47.4 Å². The van der Waals surface area contributed by atoms with E-state index in [1.807, 2.05) is 0 Å². The molecule has 25 heavy (non-hydrogen) atoms. The summed E-state index contributed by atoms with van der Waals surface area (Å²) in [5, 5.41) is 0. The summed E-state index contributed by atoms with van der Waals surface area (Å²) < 4.78 is 42.4. The van der Waals surface area contributed by atoms with E-state index in [9.17, 15) is 17.6 Å². The lowest BCUT2D eigenvalue weighted by Gasteiger charge is -2.12. The number of cyclic esters (lactones) is 1. The van der Waals surface area contributed by atoms with E-state index in [1.165, 1.54) is 18.2 Å². The summed E-state index contributed by atoms with van der Waals surface area (Å²) in [5.74, 6) is -0.794. The number of benzene rings is 2. The quantitative estimate of drug-likeness (QED) is 0.622. The topological polar surface area (TPSA) is 60.4 Å². The molecular formula is C19H17FO4S. The number of esters is 1. The van der Waals surface area contributed by atoms with E-state index in [1.54, 1.807) is 31.2 Å². The Kier molecular flexibility index (Phi) is 4.47. The van der Waals surface area contributed by atoms with Gasteiger partial charge >= 0.3 is 5.97 Å². The third-order valence-electron chi connectivity index (χ3n) is 4.17. The van der Waals surface area contributed by atoms with Crippen LogP contribution in [0.3, 0.4) is 0 Å². The van der Waals surface area contributed by atoms with Gasteiger partial charge in [0.1, 0.15) is 5.82 Å². The van der Waals surface area contributed by atoms with Gasteiger partial charge in [0.2, 0.25) is 0 Å². The van der Waals surface area contributed by atoms with Gasteiger partial charge in [0, 0.05) is 18.2 Å². The molecule has 0 amide bonds. The van der Waals surface area contributed by atoms with E-state index in [0.717, 1.165) is 6.26 Å². The first kappa shape index (κ1) is 17.4. The van der Waals surface area contributed by atoms with Gasteiger partial charge in [-0.25, -0.2) is 17.6 Å². The molecule has 1 heterocycles. The molecule has 0 aromatic heterocycles. The maximum Gasteiger partial charge on any atom is 0.334 e. The third-order valence-corrected chi connectivity index (χ3v) is 5.29. The van der Waals surface area contributed by atoms with Gasteiger partial charge in [0.15, 0.2) is 9.84 Å². The summed E-state index contributed by atoms with van der Waals surface area (Å²) in [7, 11) is -3.32. The summed E-state index contributed by atoms with van der Waals surface area (Å²) in [6, 6.07) is 11.0. The zero-order valence-corrected chi connectivity index (χ0v) is 14.7. The minimum absolute atomic E-state index is 0.185. The molecule has 0 radical (unpaired) electrons. The summed E-state index contributed by atoms with van der Waals surface area (Å²) in [6.07, 6.45) is 1.56. The van der Waals surface area contributed by atoms with Gasteiger partial charge < -0.3 is 4.74 Å². The van der Waals surface area contributed by atoms with Crippen LogP contribution >= 0.6 is 0 Å². The largest absolute Gasteiger partial charge is 0.462 e. The van der Waals surface area contributed by atoms with Gasteiger partial charge in [-0.3, -0.25) is 0 Å². The molecule has 6 heteroatoms. The van der Waals surface area contributed by atoms with Crippen LogP contribution < -0.4 is 0 Å². The van der Waals surface area contributed by atoms with E-state index in [4.69, 9.17) is 4.74 Å². The zero-order chi connectivity index (χ0) is 18.2. The molecular weight excluding hydrogens is 343 g/mol. The molecule has 2 aromatic carbocycles. The lowest BCUT2D eigenvalue weighted by atomic mass is 9.91. The Labute approximate surface area is 145 Å². The predicted molar refractivity (Wildman–Crippen MR) is 92.3 cm³/mol. The first-order valence-electron chi connectivity index (χ1n) is 7.74. The molecule has 130 valence electrons.